The van der Waals surface area contributed by atoms with Crippen molar-refractivity contribution in [2.75, 3.05) is 20.8 Å². The van der Waals surface area contributed by atoms with Gasteiger partial charge in [-0.05, 0) is 24.6 Å². The molecule has 2 N–H and O–H groups in total. The summed E-state index contributed by atoms with van der Waals surface area (Å²) in [5.74, 6) is -0.558. The Kier molecular flexibility index (Phi) is 5.41. The molecular formula is C16H18N2O6. The number of allylic oxidation sites excluding steroid dienone is 1. The number of carbonyl (C=O) groups is 3. The summed E-state index contributed by atoms with van der Waals surface area (Å²) in [5.41, 5.74) is 1.43. The minimum absolute atomic E-state index is 0.202. The largest absolute Gasteiger partial charge is 0.482 e. The van der Waals surface area contributed by atoms with Gasteiger partial charge in [-0.2, -0.15) is 0 Å². The molecule has 128 valence electrons. The van der Waals surface area contributed by atoms with Gasteiger partial charge in [0.25, 0.3) is 0 Å². The molecule has 0 spiro atoms. The molecule has 0 aliphatic carbocycles. The van der Waals surface area contributed by atoms with Gasteiger partial charge in [0.1, 0.15) is 5.75 Å². The molecule has 0 unspecified atom stereocenters. The zero-order chi connectivity index (χ0) is 17.7. The summed E-state index contributed by atoms with van der Waals surface area (Å²) in [6, 6.07) is 5.61. The Bertz CT molecular complexity index is 680. The standard InChI is InChI=1S/C16H18N2O6/c1-9-13(15(20)23-3)14(18-16(21)17-9)10-4-6-11(7-5-10)24-8-12(19)22-2/h4-7,14H,8H2,1-3H3,(H2,17,18,21)/t14-/m0/s1. The van der Waals surface area contributed by atoms with E-state index in [0.29, 0.717) is 22.6 Å². The van der Waals surface area contributed by atoms with E-state index >= 15 is 0 Å². The van der Waals surface area contributed by atoms with Crippen LogP contribution in [0.2, 0.25) is 0 Å². The molecule has 24 heavy (non-hydrogen) atoms. The number of benzene rings is 1. The van der Waals surface area contributed by atoms with Crippen molar-refractivity contribution in [1.29, 1.82) is 0 Å². The van der Waals surface area contributed by atoms with Gasteiger partial charge in [-0.15, -0.1) is 0 Å². The van der Waals surface area contributed by atoms with Gasteiger partial charge in [-0.25, -0.2) is 14.4 Å². The van der Waals surface area contributed by atoms with E-state index in [2.05, 4.69) is 15.4 Å². The van der Waals surface area contributed by atoms with E-state index in [1.165, 1.54) is 14.2 Å². The van der Waals surface area contributed by atoms with Crippen LogP contribution in [0, 0.1) is 0 Å². The minimum atomic E-state index is -0.638. The molecular weight excluding hydrogens is 316 g/mol. The Morgan fingerprint density at radius 3 is 2.38 bits per heavy atom. The lowest BCUT2D eigenvalue weighted by atomic mass is 9.95. The first kappa shape index (κ1) is 17.3. The highest BCUT2D eigenvalue weighted by molar-refractivity contribution is 5.94. The first-order chi connectivity index (χ1) is 11.5. The van der Waals surface area contributed by atoms with E-state index in [9.17, 15) is 14.4 Å². The van der Waals surface area contributed by atoms with Gasteiger partial charge < -0.3 is 24.8 Å². The molecule has 0 fully saturated rings. The molecule has 0 saturated carbocycles. The highest BCUT2D eigenvalue weighted by Gasteiger charge is 2.31. The summed E-state index contributed by atoms with van der Waals surface area (Å²) in [6.07, 6.45) is 0. The number of methoxy groups -OCH3 is 2. The predicted octanol–water partition coefficient (Wildman–Crippen LogP) is 1.04. The highest BCUT2D eigenvalue weighted by atomic mass is 16.6. The topological polar surface area (TPSA) is 103 Å². The van der Waals surface area contributed by atoms with Crippen LogP contribution < -0.4 is 15.4 Å². The second-order valence-corrected chi connectivity index (χ2v) is 5.00. The van der Waals surface area contributed by atoms with Crippen molar-refractivity contribution in [1.82, 2.24) is 10.6 Å². The number of urea groups is 1. The maximum atomic E-state index is 12.0. The van der Waals surface area contributed by atoms with Crippen molar-refractivity contribution in [3.05, 3.63) is 41.1 Å². The van der Waals surface area contributed by atoms with Crippen LogP contribution in [0.3, 0.4) is 0 Å². The number of esters is 2. The molecule has 8 nitrogen and oxygen atoms in total. The van der Waals surface area contributed by atoms with Gasteiger partial charge in [0.15, 0.2) is 6.61 Å². The Hall–Kier alpha value is -3.03. The molecule has 1 heterocycles. The van der Waals surface area contributed by atoms with Gasteiger partial charge in [0, 0.05) is 5.70 Å². The van der Waals surface area contributed by atoms with Gasteiger partial charge in [-0.1, -0.05) is 12.1 Å². The van der Waals surface area contributed by atoms with Gasteiger partial charge >= 0.3 is 18.0 Å². The second-order valence-electron chi connectivity index (χ2n) is 5.00. The molecule has 1 aromatic rings. The van der Waals surface area contributed by atoms with E-state index in [1.807, 2.05) is 0 Å². The van der Waals surface area contributed by atoms with E-state index in [-0.39, 0.29) is 6.61 Å². The van der Waals surface area contributed by atoms with Crippen molar-refractivity contribution in [3.63, 3.8) is 0 Å². The predicted molar refractivity (Wildman–Crippen MR) is 83.1 cm³/mol. The summed E-state index contributed by atoms with van der Waals surface area (Å²) in [5, 5.41) is 5.23. The third-order valence-corrected chi connectivity index (χ3v) is 3.47. The summed E-state index contributed by atoms with van der Waals surface area (Å²) >= 11 is 0. The Balaban J connectivity index is 2.22. The van der Waals surface area contributed by atoms with Crippen LogP contribution in [0.5, 0.6) is 5.75 Å². The third-order valence-electron chi connectivity index (χ3n) is 3.47. The Labute approximate surface area is 138 Å². The maximum Gasteiger partial charge on any atom is 0.343 e. The van der Waals surface area contributed by atoms with Crippen LogP contribution in [-0.4, -0.2) is 38.8 Å². The molecule has 0 aromatic heterocycles. The number of amides is 2. The zero-order valence-corrected chi connectivity index (χ0v) is 13.5. The van der Waals surface area contributed by atoms with Crippen LogP contribution in [-0.2, 0) is 19.1 Å². The molecule has 1 aromatic carbocycles. The second kappa shape index (κ2) is 7.49. The molecule has 0 radical (unpaired) electrons. The summed E-state index contributed by atoms with van der Waals surface area (Å²) in [7, 11) is 2.55. The number of ether oxygens (including phenoxy) is 3. The fraction of sp³-hybridized carbons (Fsp3) is 0.312. The maximum absolute atomic E-state index is 12.0. The molecule has 2 rings (SSSR count). The smallest absolute Gasteiger partial charge is 0.343 e. The molecule has 8 heteroatoms. The van der Waals surface area contributed by atoms with Crippen LogP contribution in [0.4, 0.5) is 4.79 Å². The summed E-state index contributed by atoms with van der Waals surface area (Å²) in [4.78, 5) is 34.8. The average molecular weight is 334 g/mol. The molecule has 1 atom stereocenters. The normalized spacial score (nSPS) is 16.8. The lowest BCUT2D eigenvalue weighted by Crippen LogP contribution is -2.45. The van der Waals surface area contributed by atoms with Crippen molar-refractivity contribution in [2.24, 2.45) is 0 Å². The first-order valence-electron chi connectivity index (χ1n) is 7.12. The number of hydrogen-bond acceptors (Lipinski definition) is 6. The fourth-order valence-electron chi connectivity index (χ4n) is 2.28. The number of hydrogen-bond donors (Lipinski definition) is 2. The lowest BCUT2D eigenvalue weighted by Gasteiger charge is -2.27. The number of nitrogens with one attached hydrogen (secondary N) is 2. The zero-order valence-electron chi connectivity index (χ0n) is 13.5. The number of carbonyl (C=O) groups excluding carboxylic acids is 3. The highest BCUT2D eigenvalue weighted by Crippen LogP contribution is 2.28. The summed E-state index contributed by atoms with van der Waals surface area (Å²) < 4.78 is 14.5. The van der Waals surface area contributed by atoms with Gasteiger partial charge in [-0.3, -0.25) is 0 Å². The van der Waals surface area contributed by atoms with E-state index < -0.39 is 24.0 Å². The quantitative estimate of drug-likeness (QED) is 0.780. The van der Waals surface area contributed by atoms with E-state index in [4.69, 9.17) is 9.47 Å². The van der Waals surface area contributed by atoms with Gasteiger partial charge in [0.2, 0.25) is 0 Å². The van der Waals surface area contributed by atoms with Crippen molar-refractivity contribution < 1.29 is 28.6 Å². The minimum Gasteiger partial charge on any atom is -0.482 e. The van der Waals surface area contributed by atoms with Gasteiger partial charge in [0.05, 0.1) is 25.8 Å². The SMILES string of the molecule is COC(=O)COc1ccc([C@@H]2NC(=O)NC(C)=C2C(=O)OC)cc1. The summed E-state index contributed by atoms with van der Waals surface area (Å²) in [6.45, 7) is 1.43. The van der Waals surface area contributed by atoms with E-state index in [1.54, 1.807) is 31.2 Å². The van der Waals surface area contributed by atoms with E-state index in [0.717, 1.165) is 0 Å². The van der Waals surface area contributed by atoms with Crippen molar-refractivity contribution >= 4 is 18.0 Å². The molecule has 1 aliphatic heterocycles. The molecule has 1 aliphatic rings. The Morgan fingerprint density at radius 1 is 1.12 bits per heavy atom. The monoisotopic (exact) mass is 334 g/mol. The molecule has 0 saturated heterocycles. The average Bonchev–Trinajstić information content (AvgIpc) is 2.58. The first-order valence-corrected chi connectivity index (χ1v) is 7.12. The van der Waals surface area contributed by atoms with Crippen LogP contribution in [0.1, 0.15) is 18.5 Å². The fourth-order valence-corrected chi connectivity index (χ4v) is 2.28. The van der Waals surface area contributed by atoms with Crippen molar-refractivity contribution in [3.8, 4) is 5.75 Å². The Morgan fingerprint density at radius 2 is 1.79 bits per heavy atom. The van der Waals surface area contributed by atoms with Crippen molar-refractivity contribution in [2.45, 2.75) is 13.0 Å². The third kappa shape index (κ3) is 3.83. The number of rotatable bonds is 5. The lowest BCUT2D eigenvalue weighted by molar-refractivity contribution is -0.143. The van der Waals surface area contributed by atoms with Crippen LogP contribution in [0.25, 0.3) is 0 Å². The molecule has 0 bridgehead atoms. The molecule has 2 amide bonds. The van der Waals surface area contributed by atoms with Crippen LogP contribution in [0.15, 0.2) is 35.5 Å². The van der Waals surface area contributed by atoms with Crippen LogP contribution >= 0.6 is 0 Å².